The van der Waals surface area contributed by atoms with Gasteiger partial charge in [0.2, 0.25) is 0 Å². The van der Waals surface area contributed by atoms with Crippen molar-refractivity contribution < 1.29 is 4.79 Å². The van der Waals surface area contributed by atoms with Gasteiger partial charge in [0.05, 0.1) is 0 Å². The summed E-state index contributed by atoms with van der Waals surface area (Å²) in [5.41, 5.74) is 7.25. The van der Waals surface area contributed by atoms with Crippen LogP contribution in [-0.2, 0) is 0 Å². The van der Waals surface area contributed by atoms with Crippen molar-refractivity contribution in [3.05, 3.63) is 27.3 Å². The molecule has 1 aliphatic rings. The lowest BCUT2D eigenvalue weighted by Crippen LogP contribution is -2.42. The number of hydrogen-bond acceptors (Lipinski definition) is 2. The smallest absolute Gasteiger partial charge is 0.253 e. The van der Waals surface area contributed by atoms with Crippen LogP contribution in [0.5, 0.6) is 0 Å². The van der Waals surface area contributed by atoms with E-state index in [2.05, 4.69) is 36.4 Å². The van der Waals surface area contributed by atoms with Crippen LogP contribution in [0.3, 0.4) is 0 Å². The summed E-state index contributed by atoms with van der Waals surface area (Å²) in [6, 6.07) is 5.51. The molecule has 18 heavy (non-hydrogen) atoms. The Hall–Kier alpha value is -0.780. The van der Waals surface area contributed by atoms with E-state index in [9.17, 15) is 4.79 Å². The Kier molecular flexibility index (Phi) is 4.14. The second kappa shape index (κ2) is 5.47. The van der Waals surface area contributed by atoms with Gasteiger partial charge in [-0.05, 0) is 59.0 Å². The van der Waals surface area contributed by atoms with Crippen LogP contribution in [-0.4, -0.2) is 23.9 Å². The van der Waals surface area contributed by atoms with Gasteiger partial charge in [0.25, 0.3) is 5.91 Å². The van der Waals surface area contributed by atoms with E-state index in [-0.39, 0.29) is 5.91 Å². The molecule has 1 aromatic rings. The van der Waals surface area contributed by atoms with Crippen LogP contribution in [0.25, 0.3) is 0 Å². The second-order valence-electron chi connectivity index (χ2n) is 5.39. The molecule has 2 unspecified atom stereocenters. The highest BCUT2D eigenvalue weighted by molar-refractivity contribution is 14.1. The first kappa shape index (κ1) is 13.6. The number of likely N-dealkylation sites (tertiary alicyclic amines) is 1. The molecule has 1 amide bonds. The standard InChI is InChI=1S/C14H19IN2O/c1-9-5-10(2)8-17(7-9)14(18)11-3-4-13(16)12(15)6-11/h3-4,6,9-10H,5,7-8,16H2,1-2H3. The largest absolute Gasteiger partial charge is 0.398 e. The molecule has 3 nitrogen and oxygen atoms in total. The highest BCUT2D eigenvalue weighted by Crippen LogP contribution is 2.24. The first-order chi connectivity index (χ1) is 8.47. The average Bonchev–Trinajstić information content (AvgIpc) is 2.30. The molecule has 0 saturated carbocycles. The van der Waals surface area contributed by atoms with Crippen LogP contribution in [0.2, 0.25) is 0 Å². The third kappa shape index (κ3) is 2.96. The quantitative estimate of drug-likeness (QED) is 0.620. The molecule has 0 radical (unpaired) electrons. The maximum absolute atomic E-state index is 12.4. The zero-order valence-electron chi connectivity index (χ0n) is 10.8. The second-order valence-corrected chi connectivity index (χ2v) is 6.55. The lowest BCUT2D eigenvalue weighted by molar-refractivity contribution is 0.0623. The Morgan fingerprint density at radius 1 is 1.33 bits per heavy atom. The van der Waals surface area contributed by atoms with E-state index in [1.165, 1.54) is 6.42 Å². The van der Waals surface area contributed by atoms with E-state index in [4.69, 9.17) is 5.73 Å². The molecule has 98 valence electrons. The average molecular weight is 358 g/mol. The van der Waals surface area contributed by atoms with Crippen molar-refractivity contribution in [3.8, 4) is 0 Å². The van der Waals surface area contributed by atoms with Gasteiger partial charge < -0.3 is 10.6 Å². The summed E-state index contributed by atoms with van der Waals surface area (Å²) in [5, 5.41) is 0. The van der Waals surface area contributed by atoms with Crippen molar-refractivity contribution >= 4 is 34.2 Å². The minimum absolute atomic E-state index is 0.131. The number of amides is 1. The van der Waals surface area contributed by atoms with Crippen LogP contribution < -0.4 is 5.73 Å². The summed E-state index contributed by atoms with van der Waals surface area (Å²) in [7, 11) is 0. The van der Waals surface area contributed by atoms with Gasteiger partial charge in [-0.3, -0.25) is 4.79 Å². The summed E-state index contributed by atoms with van der Waals surface area (Å²) >= 11 is 2.17. The van der Waals surface area contributed by atoms with Crippen molar-refractivity contribution in [2.24, 2.45) is 11.8 Å². The van der Waals surface area contributed by atoms with Gasteiger partial charge >= 0.3 is 0 Å². The third-order valence-corrected chi connectivity index (χ3v) is 4.34. The fourth-order valence-corrected chi connectivity index (χ4v) is 3.19. The molecule has 2 N–H and O–H groups in total. The first-order valence-electron chi connectivity index (χ1n) is 6.31. The zero-order valence-corrected chi connectivity index (χ0v) is 13.0. The molecule has 2 atom stereocenters. The van der Waals surface area contributed by atoms with Crippen LogP contribution in [0.4, 0.5) is 5.69 Å². The number of benzene rings is 1. The molecule has 4 heteroatoms. The molecule has 1 heterocycles. The number of carbonyl (C=O) groups is 1. The summed E-state index contributed by atoms with van der Waals surface area (Å²) in [4.78, 5) is 14.4. The molecule has 1 saturated heterocycles. The Labute approximate surface area is 122 Å². The van der Waals surface area contributed by atoms with Crippen LogP contribution >= 0.6 is 22.6 Å². The van der Waals surface area contributed by atoms with Gasteiger partial charge in [-0.2, -0.15) is 0 Å². The topological polar surface area (TPSA) is 46.3 Å². The molecule has 2 rings (SSSR count). The molecular formula is C14H19IN2O. The summed E-state index contributed by atoms with van der Waals surface area (Å²) in [5.74, 6) is 1.31. The predicted octanol–water partition coefficient (Wildman–Crippen LogP) is 2.99. The SMILES string of the molecule is CC1CC(C)CN(C(=O)c2ccc(N)c(I)c2)C1. The number of halogens is 1. The van der Waals surface area contributed by atoms with Crippen molar-refractivity contribution in [1.29, 1.82) is 0 Å². The summed E-state index contributed by atoms with van der Waals surface area (Å²) < 4.78 is 0.941. The molecular weight excluding hydrogens is 339 g/mol. The highest BCUT2D eigenvalue weighted by atomic mass is 127. The number of hydrogen-bond donors (Lipinski definition) is 1. The minimum atomic E-state index is 0.131. The molecule has 0 aromatic heterocycles. The normalized spacial score (nSPS) is 24.1. The molecule has 1 fully saturated rings. The fraction of sp³-hybridized carbons (Fsp3) is 0.500. The van der Waals surface area contributed by atoms with Gasteiger partial charge in [0, 0.05) is 27.9 Å². The van der Waals surface area contributed by atoms with Crippen LogP contribution in [0.15, 0.2) is 18.2 Å². The lowest BCUT2D eigenvalue weighted by atomic mass is 9.91. The molecule has 0 spiro atoms. The maximum atomic E-state index is 12.4. The highest BCUT2D eigenvalue weighted by Gasteiger charge is 2.26. The number of piperidine rings is 1. The van der Waals surface area contributed by atoms with E-state index in [1.54, 1.807) is 0 Å². The van der Waals surface area contributed by atoms with Crippen molar-refractivity contribution in [2.45, 2.75) is 20.3 Å². The van der Waals surface area contributed by atoms with Crippen LogP contribution in [0.1, 0.15) is 30.6 Å². The minimum Gasteiger partial charge on any atom is -0.398 e. The first-order valence-corrected chi connectivity index (χ1v) is 7.39. The number of nitrogens with zero attached hydrogens (tertiary/aromatic N) is 1. The molecule has 1 aromatic carbocycles. The monoisotopic (exact) mass is 358 g/mol. The molecule has 0 bridgehead atoms. The molecule has 1 aliphatic heterocycles. The van der Waals surface area contributed by atoms with E-state index < -0.39 is 0 Å². The van der Waals surface area contributed by atoms with E-state index in [1.807, 2.05) is 23.1 Å². The third-order valence-electron chi connectivity index (χ3n) is 3.40. The zero-order chi connectivity index (χ0) is 13.3. The van der Waals surface area contributed by atoms with E-state index in [0.717, 1.165) is 27.9 Å². The number of rotatable bonds is 1. The number of carbonyl (C=O) groups excluding carboxylic acids is 1. The predicted molar refractivity (Wildman–Crippen MR) is 82.4 cm³/mol. The fourth-order valence-electron chi connectivity index (χ4n) is 2.67. The van der Waals surface area contributed by atoms with E-state index in [0.29, 0.717) is 11.8 Å². The van der Waals surface area contributed by atoms with E-state index >= 15 is 0 Å². The maximum Gasteiger partial charge on any atom is 0.253 e. The van der Waals surface area contributed by atoms with Gasteiger partial charge in [-0.15, -0.1) is 0 Å². The number of nitrogens with two attached hydrogens (primary N) is 1. The Balaban J connectivity index is 2.17. The van der Waals surface area contributed by atoms with Gasteiger partial charge in [-0.25, -0.2) is 0 Å². The van der Waals surface area contributed by atoms with Crippen molar-refractivity contribution in [1.82, 2.24) is 4.90 Å². The summed E-state index contributed by atoms with van der Waals surface area (Å²) in [6.07, 6.45) is 1.21. The van der Waals surface area contributed by atoms with Gasteiger partial charge in [-0.1, -0.05) is 13.8 Å². The Morgan fingerprint density at radius 2 is 1.94 bits per heavy atom. The van der Waals surface area contributed by atoms with Crippen LogP contribution in [0, 0.1) is 15.4 Å². The Bertz CT molecular complexity index is 451. The van der Waals surface area contributed by atoms with Gasteiger partial charge in [0.15, 0.2) is 0 Å². The van der Waals surface area contributed by atoms with Gasteiger partial charge in [0.1, 0.15) is 0 Å². The number of nitrogen functional groups attached to an aromatic ring is 1. The molecule has 0 aliphatic carbocycles. The summed E-state index contributed by atoms with van der Waals surface area (Å²) in [6.45, 7) is 6.15. The lowest BCUT2D eigenvalue weighted by Gasteiger charge is -2.35. The number of anilines is 1. The Morgan fingerprint density at radius 3 is 2.50 bits per heavy atom. The van der Waals surface area contributed by atoms with Crippen molar-refractivity contribution in [3.63, 3.8) is 0 Å². The van der Waals surface area contributed by atoms with Crippen molar-refractivity contribution in [2.75, 3.05) is 18.8 Å².